The molecule has 4 fully saturated rings. The largest absolute Gasteiger partial charge is 0.353 e. The number of halogens is 5. The second kappa shape index (κ2) is 18.8. The Morgan fingerprint density at radius 1 is 0.741 bits per heavy atom. The molecule has 296 valence electrons. The number of rotatable bonds is 4. The Bertz CT molecular complexity index is 2360. The Hall–Kier alpha value is -4.89. The minimum atomic E-state index is -0.488. The summed E-state index contributed by atoms with van der Waals surface area (Å²) in [6.07, 6.45) is 14.0. The molecule has 0 aliphatic carbocycles. The molecular weight excluding hydrogens is 894 g/mol. The molecular formula is C42H38Cl2F2IN11. The second-order valence-corrected chi connectivity index (χ2v) is 16.4. The lowest BCUT2D eigenvalue weighted by Gasteiger charge is -2.40. The summed E-state index contributed by atoms with van der Waals surface area (Å²) in [7, 11) is 0. The van der Waals surface area contributed by atoms with E-state index >= 15 is 0 Å². The van der Waals surface area contributed by atoms with Gasteiger partial charge in [0.15, 0.2) is 0 Å². The number of hydrogen-bond donors (Lipinski definition) is 0. The zero-order chi connectivity index (χ0) is 40.8. The van der Waals surface area contributed by atoms with Crippen molar-refractivity contribution in [1.29, 1.82) is 10.5 Å². The number of hydrogen-bond acceptors (Lipinski definition) is 10. The van der Waals surface area contributed by atoms with Crippen molar-refractivity contribution in [3.05, 3.63) is 121 Å². The quantitative estimate of drug-likeness (QED) is 0.131. The topological polar surface area (TPSA) is 117 Å². The molecule has 11 nitrogen and oxygen atoms in total. The van der Waals surface area contributed by atoms with Crippen molar-refractivity contribution in [2.24, 2.45) is 0 Å². The number of anilines is 2. The Kier molecular flexibility index (Phi) is 13.4. The van der Waals surface area contributed by atoms with Gasteiger partial charge in [-0.05, 0) is 96.8 Å². The first-order valence-corrected chi connectivity index (χ1v) is 20.7. The summed E-state index contributed by atoms with van der Waals surface area (Å²) in [5.74, 6) is 3.02. The minimum absolute atomic E-state index is 0.210. The Morgan fingerprint density at radius 2 is 1.33 bits per heavy atom. The van der Waals surface area contributed by atoms with E-state index in [0.29, 0.717) is 34.3 Å². The van der Waals surface area contributed by atoms with E-state index in [9.17, 15) is 14.0 Å². The number of aromatic nitrogens is 5. The number of fused-ring (bicyclic) bond motifs is 2. The van der Waals surface area contributed by atoms with Gasteiger partial charge in [-0.15, -0.1) is 11.5 Å². The lowest BCUT2D eigenvalue weighted by atomic mass is 10.1. The summed E-state index contributed by atoms with van der Waals surface area (Å²) in [5, 5.41) is 28.6. The molecule has 4 aliphatic heterocycles. The van der Waals surface area contributed by atoms with Gasteiger partial charge in [0.05, 0.1) is 47.5 Å². The van der Waals surface area contributed by atoms with Crippen LogP contribution in [-0.4, -0.2) is 92.2 Å². The van der Waals surface area contributed by atoms with Crippen molar-refractivity contribution in [3.63, 3.8) is 0 Å². The molecule has 9 rings (SSSR count). The number of benzene rings is 2. The van der Waals surface area contributed by atoms with E-state index in [-0.39, 0.29) is 17.6 Å². The van der Waals surface area contributed by atoms with Crippen LogP contribution in [0.5, 0.6) is 0 Å². The molecule has 3 aromatic heterocycles. The van der Waals surface area contributed by atoms with Crippen molar-refractivity contribution in [1.82, 2.24) is 34.8 Å². The van der Waals surface area contributed by atoms with Crippen LogP contribution in [0.1, 0.15) is 48.5 Å². The molecule has 0 amide bonds. The van der Waals surface area contributed by atoms with Crippen LogP contribution in [-0.2, 0) is 0 Å². The molecule has 58 heavy (non-hydrogen) atoms. The van der Waals surface area contributed by atoms with Crippen LogP contribution in [0.2, 0.25) is 10.0 Å². The summed E-state index contributed by atoms with van der Waals surface area (Å²) >= 11 is 14.0. The highest BCUT2D eigenvalue weighted by atomic mass is 127. The van der Waals surface area contributed by atoms with E-state index in [4.69, 9.17) is 34.9 Å². The third-order valence-corrected chi connectivity index (χ3v) is 12.0. The lowest BCUT2D eigenvalue weighted by Crippen LogP contribution is -2.52. The van der Waals surface area contributed by atoms with Crippen LogP contribution < -0.4 is 9.80 Å². The molecule has 5 aromatic rings. The highest BCUT2D eigenvalue weighted by molar-refractivity contribution is 14.1. The van der Waals surface area contributed by atoms with Gasteiger partial charge in [0.2, 0.25) is 0 Å². The van der Waals surface area contributed by atoms with Crippen LogP contribution >= 0.6 is 45.8 Å². The molecule has 0 bridgehead atoms. The van der Waals surface area contributed by atoms with Gasteiger partial charge in [-0.3, -0.25) is 9.80 Å². The third kappa shape index (κ3) is 9.52. The van der Waals surface area contributed by atoms with Gasteiger partial charge in [0, 0.05) is 65.0 Å². The standard InChI is InChI=1S/C21H19ClFN7.C15H15FN4.C6H4ClI/c22-15-2-1-3-17(9-15)30-13-19(26-27-30)20-5-4-18-12-28(6-7-29(18)20)21-14(10-24)8-16(23)11-25-21;1-2-13-3-4-14-10-19(5-6-20(13)14)15-11(8-17)7-12(16)9-18-15;7-5-2-1-3-6(8)4-5/h1-3,8-9,11,13,18,20H,4-7,12H2;1,7,9,13-14H,3-6,10H2;1-4H/t18-,20+;13-,14-;/m00./s1. The highest BCUT2D eigenvalue weighted by Gasteiger charge is 2.40. The van der Waals surface area contributed by atoms with Crippen molar-refractivity contribution in [2.75, 3.05) is 49.1 Å². The van der Waals surface area contributed by atoms with Gasteiger partial charge in [0.1, 0.15) is 41.1 Å². The van der Waals surface area contributed by atoms with Gasteiger partial charge in [-0.1, -0.05) is 46.5 Å². The van der Waals surface area contributed by atoms with E-state index in [1.165, 1.54) is 28.1 Å². The minimum Gasteiger partial charge on any atom is -0.353 e. The van der Waals surface area contributed by atoms with E-state index < -0.39 is 11.6 Å². The summed E-state index contributed by atoms with van der Waals surface area (Å²) < 4.78 is 29.5. The van der Waals surface area contributed by atoms with Gasteiger partial charge in [0.25, 0.3) is 0 Å². The Morgan fingerprint density at radius 3 is 1.90 bits per heavy atom. The maximum Gasteiger partial charge on any atom is 0.146 e. The van der Waals surface area contributed by atoms with Gasteiger partial charge in [-0.25, -0.2) is 23.4 Å². The highest BCUT2D eigenvalue weighted by Crippen LogP contribution is 2.38. The van der Waals surface area contributed by atoms with E-state index in [0.717, 1.165) is 81.4 Å². The van der Waals surface area contributed by atoms with Crippen LogP contribution in [0.4, 0.5) is 20.4 Å². The van der Waals surface area contributed by atoms with Crippen molar-refractivity contribution in [3.8, 4) is 30.2 Å². The average Bonchev–Trinajstić information content (AvgIpc) is 3.99. The number of piperazine rings is 2. The van der Waals surface area contributed by atoms with E-state index in [2.05, 4.69) is 74.5 Å². The van der Waals surface area contributed by atoms with Gasteiger partial charge < -0.3 is 9.80 Å². The number of terminal acetylenes is 1. The predicted molar refractivity (Wildman–Crippen MR) is 228 cm³/mol. The molecule has 7 heterocycles. The second-order valence-electron chi connectivity index (χ2n) is 14.3. The normalized spacial score (nSPS) is 21.3. The van der Waals surface area contributed by atoms with Crippen molar-refractivity contribution >= 4 is 57.4 Å². The van der Waals surface area contributed by atoms with Gasteiger partial charge >= 0.3 is 0 Å². The zero-order valence-corrected chi connectivity index (χ0v) is 34.9. The molecule has 2 aromatic carbocycles. The first kappa shape index (κ1) is 41.3. The molecule has 16 heteroatoms. The summed E-state index contributed by atoms with van der Waals surface area (Å²) in [6, 6.07) is 23.0. The summed E-state index contributed by atoms with van der Waals surface area (Å²) in [4.78, 5) is 17.2. The molecule has 0 saturated carbocycles. The number of nitriles is 2. The molecule has 0 unspecified atom stereocenters. The molecule has 4 aliphatic rings. The first-order chi connectivity index (χ1) is 28.1. The first-order valence-electron chi connectivity index (χ1n) is 18.8. The molecule has 4 atom stereocenters. The van der Waals surface area contributed by atoms with Crippen molar-refractivity contribution < 1.29 is 8.78 Å². The number of pyridine rings is 2. The maximum absolute atomic E-state index is 13.4. The van der Waals surface area contributed by atoms with Crippen LogP contribution in [0.25, 0.3) is 5.69 Å². The fraction of sp³-hybridized carbons (Fsp3) is 0.333. The van der Waals surface area contributed by atoms with Crippen LogP contribution in [0, 0.1) is 50.2 Å². The fourth-order valence-electron chi connectivity index (χ4n) is 8.15. The lowest BCUT2D eigenvalue weighted by molar-refractivity contribution is 0.173. The average molecular weight is 933 g/mol. The van der Waals surface area contributed by atoms with Crippen LogP contribution in [0.3, 0.4) is 0 Å². The SMILES string of the molecule is C#C[C@H]1CC[C@H]2CN(c3ncc(F)cc3C#N)CCN21.Clc1cccc(I)c1.N#Cc1cc(F)cnc1N1CCN2[C@@H](CC[C@@H]2c2cn(-c3cccc(Cl)c3)nn2)C1. The van der Waals surface area contributed by atoms with Gasteiger partial charge in [-0.2, -0.15) is 10.5 Å². The molecule has 0 radical (unpaired) electrons. The molecule has 4 saturated heterocycles. The maximum atomic E-state index is 13.4. The molecule has 0 spiro atoms. The third-order valence-electron chi connectivity index (χ3n) is 10.8. The number of nitrogens with zero attached hydrogens (tertiary/aromatic N) is 11. The molecule has 0 N–H and O–H groups in total. The Balaban J connectivity index is 0.000000156. The Labute approximate surface area is 359 Å². The van der Waals surface area contributed by atoms with Crippen molar-refractivity contribution in [2.45, 2.75) is 49.9 Å². The fourth-order valence-corrected chi connectivity index (χ4v) is 9.26. The predicted octanol–water partition coefficient (Wildman–Crippen LogP) is 7.68. The summed E-state index contributed by atoms with van der Waals surface area (Å²) in [5.41, 5.74) is 2.41. The van der Waals surface area contributed by atoms with E-state index in [1.807, 2.05) is 60.8 Å². The summed E-state index contributed by atoms with van der Waals surface area (Å²) in [6.45, 7) is 4.73. The zero-order valence-electron chi connectivity index (χ0n) is 31.3. The van der Waals surface area contributed by atoms with E-state index in [1.54, 1.807) is 4.68 Å². The van der Waals surface area contributed by atoms with Crippen LogP contribution in [0.15, 0.2) is 79.3 Å². The monoisotopic (exact) mass is 931 g/mol. The smallest absolute Gasteiger partial charge is 0.146 e.